The highest BCUT2D eigenvalue weighted by molar-refractivity contribution is 6.24. The van der Waals surface area contributed by atoms with Crippen molar-refractivity contribution in [3.05, 3.63) is 159 Å². The zero-order valence-electron chi connectivity index (χ0n) is 28.9. The average molecular weight is 696 g/mol. The number of alkyl halides is 6. The highest BCUT2D eigenvalue weighted by Gasteiger charge is 2.40. The van der Waals surface area contributed by atoms with Crippen LogP contribution in [0, 0.1) is 0 Å². The highest BCUT2D eigenvalue weighted by atomic mass is 19.4. The van der Waals surface area contributed by atoms with Crippen LogP contribution >= 0.6 is 0 Å². The highest BCUT2D eigenvalue weighted by Crippen LogP contribution is 2.54. The van der Waals surface area contributed by atoms with Gasteiger partial charge < -0.3 is 4.90 Å². The van der Waals surface area contributed by atoms with Gasteiger partial charge in [-0.3, -0.25) is 4.79 Å². The second-order valence-corrected chi connectivity index (χ2v) is 15.2. The van der Waals surface area contributed by atoms with E-state index in [2.05, 4.69) is 41.5 Å². The molecule has 1 aliphatic heterocycles. The second kappa shape index (κ2) is 11.5. The van der Waals surface area contributed by atoms with Crippen LogP contribution in [0.25, 0.3) is 11.1 Å². The van der Waals surface area contributed by atoms with Crippen molar-refractivity contribution in [1.29, 1.82) is 0 Å². The molecule has 8 heteroatoms. The standard InChI is InChI=1S/C43H35F6NO/c1-40(2,3)24-15-17-29-33(22-24)39(51)34-23-25(41(4,5)6)16-18-30(34)37(29)38-31-11-7-9-13-35(31)50(36-14-10-8-12-32(36)38)28-20-26(42(44,45)46)19-27(21-28)43(47,48)49/h7-23H,1-6H3. The first kappa shape index (κ1) is 34.3. The number of rotatable bonds is 1. The lowest BCUT2D eigenvalue weighted by atomic mass is 9.72. The molecule has 0 bridgehead atoms. The number of ketones is 1. The molecule has 0 radical (unpaired) electrons. The second-order valence-electron chi connectivity index (χ2n) is 15.2. The number of fused-ring (bicyclic) bond motifs is 4. The normalized spacial score (nSPS) is 14.6. The Morgan fingerprint density at radius 1 is 0.431 bits per heavy atom. The van der Waals surface area contributed by atoms with Gasteiger partial charge in [0.1, 0.15) is 0 Å². The molecule has 0 saturated heterocycles. The Bertz CT molecular complexity index is 2130. The van der Waals surface area contributed by atoms with Crippen molar-refractivity contribution in [2.24, 2.45) is 0 Å². The molecule has 0 saturated carbocycles. The summed E-state index contributed by atoms with van der Waals surface area (Å²) in [6, 6.07) is 27.5. The summed E-state index contributed by atoms with van der Waals surface area (Å²) in [6.07, 6.45) is -10.0. The lowest BCUT2D eigenvalue weighted by Crippen LogP contribution is -2.23. The maximum Gasteiger partial charge on any atom is 0.416 e. The molecule has 0 unspecified atom stereocenters. The molecule has 1 heterocycles. The molecule has 0 fully saturated rings. The number of hydrogen-bond acceptors (Lipinski definition) is 2. The number of para-hydroxylation sites is 2. The first-order chi connectivity index (χ1) is 23.7. The average Bonchev–Trinajstić information content (AvgIpc) is 3.05. The zero-order chi connectivity index (χ0) is 36.8. The Kier molecular flexibility index (Phi) is 7.71. The van der Waals surface area contributed by atoms with Gasteiger partial charge in [0.05, 0.1) is 22.5 Å². The first-order valence-electron chi connectivity index (χ1n) is 16.6. The van der Waals surface area contributed by atoms with E-state index in [1.54, 1.807) is 36.4 Å². The van der Waals surface area contributed by atoms with Crippen molar-refractivity contribution >= 4 is 34.0 Å². The third-order valence-electron chi connectivity index (χ3n) is 9.71. The van der Waals surface area contributed by atoms with Gasteiger partial charge in [-0.1, -0.05) is 102 Å². The van der Waals surface area contributed by atoms with Crippen LogP contribution in [0.15, 0.2) is 103 Å². The van der Waals surface area contributed by atoms with Crippen LogP contribution in [0.4, 0.5) is 43.4 Å². The van der Waals surface area contributed by atoms with Gasteiger partial charge in [-0.05, 0) is 81.1 Å². The minimum Gasteiger partial charge on any atom is -0.309 e. The Hall–Kier alpha value is -5.11. The van der Waals surface area contributed by atoms with E-state index in [0.29, 0.717) is 44.8 Å². The van der Waals surface area contributed by atoms with Crippen LogP contribution in [-0.2, 0) is 23.2 Å². The third kappa shape index (κ3) is 5.84. The molecule has 51 heavy (non-hydrogen) atoms. The van der Waals surface area contributed by atoms with E-state index >= 15 is 0 Å². The minimum absolute atomic E-state index is 0.107. The van der Waals surface area contributed by atoms with Gasteiger partial charge in [-0.25, -0.2) is 0 Å². The van der Waals surface area contributed by atoms with Crippen molar-refractivity contribution in [2.45, 2.75) is 64.7 Å². The van der Waals surface area contributed by atoms with Gasteiger partial charge in [0.25, 0.3) is 0 Å². The predicted molar refractivity (Wildman–Crippen MR) is 190 cm³/mol. The Morgan fingerprint density at radius 2 is 0.824 bits per heavy atom. The molecule has 2 nitrogen and oxygen atoms in total. The topological polar surface area (TPSA) is 20.3 Å². The van der Waals surface area contributed by atoms with Crippen molar-refractivity contribution in [3.8, 4) is 0 Å². The van der Waals surface area contributed by atoms with Gasteiger partial charge in [0.15, 0.2) is 5.78 Å². The van der Waals surface area contributed by atoms with Crippen molar-refractivity contribution in [1.82, 2.24) is 0 Å². The van der Waals surface area contributed by atoms with Gasteiger partial charge in [-0.2, -0.15) is 26.3 Å². The van der Waals surface area contributed by atoms with E-state index < -0.39 is 23.5 Å². The van der Waals surface area contributed by atoms with E-state index in [0.717, 1.165) is 34.4 Å². The molecule has 5 aromatic carbocycles. The van der Waals surface area contributed by atoms with Crippen LogP contribution in [0.2, 0.25) is 0 Å². The largest absolute Gasteiger partial charge is 0.416 e. The molecule has 7 rings (SSSR count). The lowest BCUT2D eigenvalue weighted by Gasteiger charge is -2.37. The van der Waals surface area contributed by atoms with Gasteiger partial charge in [0.2, 0.25) is 0 Å². The fourth-order valence-electron chi connectivity index (χ4n) is 7.04. The minimum atomic E-state index is -5.02. The summed E-state index contributed by atoms with van der Waals surface area (Å²) in [6.45, 7) is 12.5. The fourth-order valence-corrected chi connectivity index (χ4v) is 7.04. The molecule has 0 aromatic heterocycles. The summed E-state index contributed by atoms with van der Waals surface area (Å²) < 4.78 is 84.6. The van der Waals surface area contributed by atoms with Crippen LogP contribution in [-0.4, -0.2) is 5.78 Å². The summed E-state index contributed by atoms with van der Waals surface area (Å²) in [5, 5.41) is 0. The molecule has 0 amide bonds. The molecule has 260 valence electrons. The number of benzene rings is 5. The van der Waals surface area contributed by atoms with E-state index in [1.165, 1.54) is 4.90 Å². The van der Waals surface area contributed by atoms with E-state index in [9.17, 15) is 31.1 Å². The van der Waals surface area contributed by atoms with E-state index in [1.807, 2.05) is 48.5 Å². The number of hydrogen-bond donors (Lipinski definition) is 0. The molecule has 1 aliphatic carbocycles. The monoisotopic (exact) mass is 695 g/mol. The fraction of sp³-hybridized carbons (Fsp3) is 0.233. The zero-order valence-corrected chi connectivity index (χ0v) is 28.9. The summed E-state index contributed by atoms with van der Waals surface area (Å²) in [5.41, 5.74) is 4.38. The molecule has 5 aromatic rings. The van der Waals surface area contributed by atoms with Crippen molar-refractivity contribution in [2.75, 3.05) is 4.90 Å². The van der Waals surface area contributed by atoms with Crippen LogP contribution < -0.4 is 4.90 Å². The number of carbonyl (C=O) groups excluding carboxylic acids is 1. The third-order valence-corrected chi connectivity index (χ3v) is 9.71. The molecular weight excluding hydrogens is 660 g/mol. The van der Waals surface area contributed by atoms with E-state index in [4.69, 9.17) is 0 Å². The Balaban J connectivity index is 1.59. The molecular formula is C43H35F6NO. The Morgan fingerprint density at radius 3 is 1.22 bits per heavy atom. The lowest BCUT2D eigenvalue weighted by molar-refractivity contribution is -0.143. The molecule has 0 N–H and O–H groups in total. The Labute approximate surface area is 293 Å². The number of carbonyl (C=O) groups is 1. The molecule has 0 spiro atoms. The summed E-state index contributed by atoms with van der Waals surface area (Å²) >= 11 is 0. The summed E-state index contributed by atoms with van der Waals surface area (Å²) in [7, 11) is 0. The van der Waals surface area contributed by atoms with Gasteiger partial charge in [-0.15, -0.1) is 0 Å². The number of nitrogens with zero attached hydrogens (tertiary/aromatic N) is 1. The van der Waals surface area contributed by atoms with Gasteiger partial charge in [0, 0.05) is 33.5 Å². The van der Waals surface area contributed by atoms with Crippen LogP contribution in [0.1, 0.15) is 102 Å². The number of halogens is 6. The SMILES string of the molecule is CC(C)(C)c1ccc2c(c1)C(=O)c1cc(C(C)(C)C)ccc1C2=C1c2ccccc2N(c2cc(C(F)(F)F)cc(C(F)(F)F)c2)c2ccccc21. The molecule has 2 aliphatic rings. The summed E-state index contributed by atoms with van der Waals surface area (Å²) in [5.74, 6) is -0.107. The van der Waals surface area contributed by atoms with Crippen molar-refractivity contribution in [3.63, 3.8) is 0 Å². The smallest absolute Gasteiger partial charge is 0.309 e. The van der Waals surface area contributed by atoms with E-state index in [-0.39, 0.29) is 28.4 Å². The van der Waals surface area contributed by atoms with Crippen molar-refractivity contribution < 1.29 is 31.1 Å². The van der Waals surface area contributed by atoms with Gasteiger partial charge >= 0.3 is 12.4 Å². The maximum absolute atomic E-state index is 14.4. The van der Waals surface area contributed by atoms with Crippen LogP contribution in [0.3, 0.4) is 0 Å². The summed E-state index contributed by atoms with van der Waals surface area (Å²) in [4.78, 5) is 15.9. The maximum atomic E-state index is 14.4. The first-order valence-corrected chi connectivity index (χ1v) is 16.6. The van der Waals surface area contributed by atoms with Crippen LogP contribution in [0.5, 0.6) is 0 Å². The quantitative estimate of drug-likeness (QED) is 0.159. The molecule has 0 atom stereocenters. The predicted octanol–water partition coefficient (Wildman–Crippen LogP) is 12.7. The number of anilines is 3.